The molecule has 0 unspecified atom stereocenters. The van der Waals surface area contributed by atoms with Crippen LogP contribution in [0.15, 0.2) is 48.5 Å². The molecule has 0 aromatic heterocycles. The predicted molar refractivity (Wildman–Crippen MR) is 95.4 cm³/mol. The highest BCUT2D eigenvalue weighted by Gasteiger charge is 2.40. The van der Waals surface area contributed by atoms with Gasteiger partial charge in [-0.2, -0.15) is 0 Å². The number of hydrogen-bond donors (Lipinski definition) is 1. The maximum atomic E-state index is 13.9. The van der Waals surface area contributed by atoms with Gasteiger partial charge < -0.3 is 19.5 Å². The Morgan fingerprint density at radius 1 is 1.19 bits per heavy atom. The van der Waals surface area contributed by atoms with Crippen LogP contribution < -0.4 is 10.1 Å². The number of hydrogen-bond acceptors (Lipinski definition) is 4. The van der Waals surface area contributed by atoms with Crippen molar-refractivity contribution in [3.05, 3.63) is 59.9 Å². The minimum atomic E-state index is -0.861. The molecule has 1 amide bonds. The second-order valence-electron chi connectivity index (χ2n) is 6.45. The van der Waals surface area contributed by atoms with Crippen molar-refractivity contribution in [2.75, 3.05) is 25.1 Å². The molecule has 1 saturated heterocycles. The first kappa shape index (κ1) is 18.4. The molecule has 0 radical (unpaired) electrons. The summed E-state index contributed by atoms with van der Waals surface area (Å²) in [5, 5.41) is 2.86. The lowest BCUT2D eigenvalue weighted by molar-refractivity contribution is -0.227. The maximum absolute atomic E-state index is 13.9. The number of nitrogens with one attached hydrogen (secondary N) is 1. The van der Waals surface area contributed by atoms with Crippen LogP contribution in [0.25, 0.3) is 0 Å². The first-order valence-electron chi connectivity index (χ1n) is 8.54. The van der Waals surface area contributed by atoms with Gasteiger partial charge in [-0.3, -0.25) is 4.79 Å². The minimum Gasteiger partial charge on any atom is -0.494 e. The predicted octanol–water partition coefficient (Wildman–Crippen LogP) is 3.91. The van der Waals surface area contributed by atoms with Gasteiger partial charge in [-0.15, -0.1) is 0 Å². The smallest absolute Gasteiger partial charge is 0.234 e. The fraction of sp³-hybridized carbons (Fsp3) is 0.350. The molecule has 0 spiro atoms. The molecular formula is C20H22FNO4. The Hall–Kier alpha value is -2.44. The summed E-state index contributed by atoms with van der Waals surface area (Å²) in [6.45, 7) is 4.52. The highest BCUT2D eigenvalue weighted by atomic mass is 19.1. The van der Waals surface area contributed by atoms with Crippen molar-refractivity contribution < 1.29 is 23.4 Å². The lowest BCUT2D eigenvalue weighted by Crippen LogP contribution is -2.45. The Labute approximate surface area is 152 Å². The monoisotopic (exact) mass is 359 g/mol. The van der Waals surface area contributed by atoms with Gasteiger partial charge in [0.25, 0.3) is 0 Å². The van der Waals surface area contributed by atoms with Crippen LogP contribution in [0.3, 0.4) is 0 Å². The third-order valence-corrected chi connectivity index (χ3v) is 4.24. The Morgan fingerprint density at radius 3 is 2.46 bits per heavy atom. The zero-order valence-electron chi connectivity index (χ0n) is 14.8. The van der Waals surface area contributed by atoms with Crippen molar-refractivity contribution in [2.24, 2.45) is 5.41 Å². The molecule has 1 fully saturated rings. The SMILES string of the molecule is CCOc1ccc(NC(=O)C2(C)COC(c3ccccc3F)OC2)cc1. The largest absolute Gasteiger partial charge is 0.494 e. The Bertz CT molecular complexity index is 755. The van der Waals surface area contributed by atoms with E-state index in [0.29, 0.717) is 17.9 Å². The van der Waals surface area contributed by atoms with Gasteiger partial charge in [0.15, 0.2) is 6.29 Å². The Morgan fingerprint density at radius 2 is 1.85 bits per heavy atom. The molecule has 2 aromatic rings. The second-order valence-corrected chi connectivity index (χ2v) is 6.45. The van der Waals surface area contributed by atoms with Gasteiger partial charge in [0.05, 0.1) is 25.2 Å². The topological polar surface area (TPSA) is 56.8 Å². The Balaban J connectivity index is 1.61. The highest BCUT2D eigenvalue weighted by Crippen LogP contribution is 2.33. The summed E-state index contributed by atoms with van der Waals surface area (Å²) in [6.07, 6.45) is -0.803. The zero-order valence-corrected chi connectivity index (χ0v) is 14.8. The molecule has 1 aliphatic heterocycles. The third-order valence-electron chi connectivity index (χ3n) is 4.24. The van der Waals surface area contributed by atoms with Gasteiger partial charge in [0, 0.05) is 11.3 Å². The number of amides is 1. The Kier molecular flexibility index (Phi) is 5.54. The molecule has 0 saturated carbocycles. The molecule has 0 atom stereocenters. The van der Waals surface area contributed by atoms with Crippen LogP contribution >= 0.6 is 0 Å². The van der Waals surface area contributed by atoms with Gasteiger partial charge in [-0.25, -0.2) is 4.39 Å². The average molecular weight is 359 g/mol. The molecule has 1 aliphatic rings. The van der Waals surface area contributed by atoms with Crippen molar-refractivity contribution in [3.63, 3.8) is 0 Å². The molecule has 26 heavy (non-hydrogen) atoms. The van der Waals surface area contributed by atoms with E-state index in [9.17, 15) is 9.18 Å². The van der Waals surface area contributed by atoms with Gasteiger partial charge in [0.1, 0.15) is 11.6 Å². The summed E-state index contributed by atoms with van der Waals surface area (Å²) in [7, 11) is 0. The van der Waals surface area contributed by atoms with Gasteiger partial charge in [-0.1, -0.05) is 18.2 Å². The van der Waals surface area contributed by atoms with E-state index in [1.54, 1.807) is 49.4 Å². The maximum Gasteiger partial charge on any atom is 0.234 e. The fourth-order valence-corrected chi connectivity index (χ4v) is 2.67. The molecule has 138 valence electrons. The molecule has 1 N–H and O–H groups in total. The van der Waals surface area contributed by atoms with E-state index >= 15 is 0 Å². The van der Waals surface area contributed by atoms with Gasteiger partial charge >= 0.3 is 0 Å². The standard InChI is InChI=1S/C20H22FNO4/c1-3-24-15-10-8-14(9-11-15)22-19(23)20(2)12-25-18(26-13-20)16-6-4-5-7-17(16)21/h4-11,18H,3,12-13H2,1-2H3,(H,22,23). The van der Waals surface area contributed by atoms with E-state index < -0.39 is 11.7 Å². The van der Waals surface area contributed by atoms with Gasteiger partial charge in [-0.05, 0) is 44.2 Å². The molecule has 6 heteroatoms. The second kappa shape index (κ2) is 7.85. The summed E-state index contributed by atoms with van der Waals surface area (Å²) in [4.78, 5) is 12.6. The van der Waals surface area contributed by atoms with E-state index in [2.05, 4.69) is 5.32 Å². The summed E-state index contributed by atoms with van der Waals surface area (Å²) in [6, 6.07) is 13.4. The number of benzene rings is 2. The fourth-order valence-electron chi connectivity index (χ4n) is 2.67. The van der Waals surface area contributed by atoms with Crippen LogP contribution in [0.2, 0.25) is 0 Å². The summed E-state index contributed by atoms with van der Waals surface area (Å²) >= 11 is 0. The lowest BCUT2D eigenvalue weighted by Gasteiger charge is -2.36. The van der Waals surface area contributed by atoms with Crippen molar-refractivity contribution in [1.82, 2.24) is 0 Å². The van der Waals surface area contributed by atoms with E-state index in [1.807, 2.05) is 6.92 Å². The van der Waals surface area contributed by atoms with Crippen LogP contribution in [0, 0.1) is 11.2 Å². The molecule has 3 rings (SSSR count). The molecular weight excluding hydrogens is 337 g/mol. The van der Waals surface area contributed by atoms with E-state index in [-0.39, 0.29) is 24.9 Å². The average Bonchev–Trinajstić information content (AvgIpc) is 2.65. The summed E-state index contributed by atoms with van der Waals surface area (Å²) in [5.74, 6) is 0.141. The molecule has 5 nitrogen and oxygen atoms in total. The van der Waals surface area contributed by atoms with E-state index in [1.165, 1.54) is 6.07 Å². The lowest BCUT2D eigenvalue weighted by atomic mass is 9.90. The van der Waals surface area contributed by atoms with Crippen molar-refractivity contribution in [1.29, 1.82) is 0 Å². The van der Waals surface area contributed by atoms with Crippen LogP contribution in [-0.2, 0) is 14.3 Å². The van der Waals surface area contributed by atoms with Crippen LogP contribution in [0.4, 0.5) is 10.1 Å². The van der Waals surface area contributed by atoms with Crippen LogP contribution in [0.5, 0.6) is 5.75 Å². The van der Waals surface area contributed by atoms with Crippen LogP contribution in [0.1, 0.15) is 25.7 Å². The van der Waals surface area contributed by atoms with Crippen molar-refractivity contribution >= 4 is 11.6 Å². The third kappa shape index (κ3) is 4.03. The number of halogens is 1. The number of rotatable bonds is 5. The van der Waals surface area contributed by atoms with Crippen molar-refractivity contribution in [3.8, 4) is 5.75 Å². The van der Waals surface area contributed by atoms with Crippen molar-refractivity contribution in [2.45, 2.75) is 20.1 Å². The van der Waals surface area contributed by atoms with E-state index in [4.69, 9.17) is 14.2 Å². The quantitative estimate of drug-likeness (QED) is 0.879. The molecule has 1 heterocycles. The summed E-state index contributed by atoms with van der Waals surface area (Å²) in [5.41, 5.74) is 0.137. The van der Waals surface area contributed by atoms with Gasteiger partial charge in [0.2, 0.25) is 5.91 Å². The molecule has 2 aromatic carbocycles. The van der Waals surface area contributed by atoms with E-state index in [0.717, 1.165) is 5.75 Å². The highest BCUT2D eigenvalue weighted by molar-refractivity contribution is 5.95. The first-order valence-corrected chi connectivity index (χ1v) is 8.54. The number of anilines is 1. The number of carbonyl (C=O) groups excluding carboxylic acids is 1. The normalized spacial score (nSPS) is 22.7. The summed E-state index contributed by atoms with van der Waals surface area (Å²) < 4.78 is 30.5. The zero-order chi connectivity index (χ0) is 18.6. The first-order chi connectivity index (χ1) is 12.5. The number of ether oxygens (including phenoxy) is 3. The molecule has 0 bridgehead atoms. The van der Waals surface area contributed by atoms with Crippen LogP contribution in [-0.4, -0.2) is 25.7 Å². The molecule has 0 aliphatic carbocycles. The minimum absolute atomic E-state index is 0.134. The number of carbonyl (C=O) groups is 1.